The Bertz CT molecular complexity index is 456. The minimum Gasteiger partial charge on any atom is -0.316 e. The SMILES string of the molecule is CNC(Cc1ccsc1)Cc1ccncc1Cl. The lowest BCUT2D eigenvalue weighted by molar-refractivity contribution is 0.557. The van der Waals surface area contributed by atoms with E-state index in [2.05, 4.69) is 27.1 Å². The molecule has 2 heterocycles. The van der Waals surface area contributed by atoms with Gasteiger partial charge in [0.2, 0.25) is 0 Å². The molecule has 0 saturated heterocycles. The van der Waals surface area contributed by atoms with Crippen LogP contribution in [0, 0.1) is 0 Å². The predicted octanol–water partition coefficient (Wildman–Crippen LogP) is 3.17. The Hall–Kier alpha value is -0.900. The zero-order valence-electron chi connectivity index (χ0n) is 9.69. The third-order valence-corrected chi connectivity index (χ3v) is 3.87. The summed E-state index contributed by atoms with van der Waals surface area (Å²) in [7, 11) is 1.99. The number of nitrogens with one attached hydrogen (secondary N) is 1. The fourth-order valence-electron chi connectivity index (χ4n) is 1.80. The topological polar surface area (TPSA) is 24.9 Å². The van der Waals surface area contributed by atoms with Gasteiger partial charge >= 0.3 is 0 Å². The maximum absolute atomic E-state index is 6.12. The van der Waals surface area contributed by atoms with Gasteiger partial charge in [-0.2, -0.15) is 11.3 Å². The van der Waals surface area contributed by atoms with Crippen LogP contribution in [0.5, 0.6) is 0 Å². The lowest BCUT2D eigenvalue weighted by Gasteiger charge is -2.16. The van der Waals surface area contributed by atoms with E-state index >= 15 is 0 Å². The Balaban J connectivity index is 2.03. The van der Waals surface area contributed by atoms with Crippen LogP contribution in [0.25, 0.3) is 0 Å². The molecule has 1 unspecified atom stereocenters. The van der Waals surface area contributed by atoms with Crippen molar-refractivity contribution in [1.29, 1.82) is 0 Å². The van der Waals surface area contributed by atoms with Gasteiger partial charge in [0.25, 0.3) is 0 Å². The highest BCUT2D eigenvalue weighted by Crippen LogP contribution is 2.17. The van der Waals surface area contributed by atoms with Gasteiger partial charge in [-0.05, 0) is 53.9 Å². The van der Waals surface area contributed by atoms with Gasteiger partial charge in [-0.1, -0.05) is 11.6 Å². The molecule has 0 aromatic carbocycles. The molecule has 1 atom stereocenters. The van der Waals surface area contributed by atoms with Gasteiger partial charge in [-0.25, -0.2) is 0 Å². The van der Waals surface area contributed by atoms with Crippen molar-refractivity contribution in [2.45, 2.75) is 18.9 Å². The van der Waals surface area contributed by atoms with Gasteiger partial charge in [-0.3, -0.25) is 4.98 Å². The van der Waals surface area contributed by atoms with Crippen LogP contribution < -0.4 is 5.32 Å². The molecule has 4 heteroatoms. The molecule has 17 heavy (non-hydrogen) atoms. The van der Waals surface area contributed by atoms with Crippen molar-refractivity contribution in [3.05, 3.63) is 51.4 Å². The Morgan fingerprint density at radius 2 is 2.29 bits per heavy atom. The van der Waals surface area contributed by atoms with Crippen molar-refractivity contribution >= 4 is 22.9 Å². The largest absolute Gasteiger partial charge is 0.316 e. The first-order chi connectivity index (χ1) is 8.29. The van der Waals surface area contributed by atoms with Gasteiger partial charge in [0, 0.05) is 18.4 Å². The molecule has 0 spiro atoms. The van der Waals surface area contributed by atoms with Gasteiger partial charge in [0.15, 0.2) is 0 Å². The quantitative estimate of drug-likeness (QED) is 0.899. The molecule has 2 nitrogen and oxygen atoms in total. The molecule has 0 saturated carbocycles. The van der Waals surface area contributed by atoms with Crippen molar-refractivity contribution in [2.75, 3.05) is 7.05 Å². The molecular weight excluding hydrogens is 252 g/mol. The van der Waals surface area contributed by atoms with Crippen molar-refractivity contribution in [2.24, 2.45) is 0 Å². The summed E-state index contributed by atoms with van der Waals surface area (Å²) in [5, 5.41) is 8.40. The Labute approximate surface area is 111 Å². The summed E-state index contributed by atoms with van der Waals surface area (Å²) in [6, 6.07) is 4.56. The Kier molecular flexibility index (Phi) is 4.54. The van der Waals surface area contributed by atoms with Crippen LogP contribution in [0.3, 0.4) is 0 Å². The number of aromatic nitrogens is 1. The summed E-state index contributed by atoms with van der Waals surface area (Å²) >= 11 is 7.86. The Morgan fingerprint density at radius 3 is 2.94 bits per heavy atom. The minimum atomic E-state index is 0.407. The van der Waals surface area contributed by atoms with Crippen LogP contribution >= 0.6 is 22.9 Å². The van der Waals surface area contributed by atoms with E-state index in [1.54, 1.807) is 23.7 Å². The van der Waals surface area contributed by atoms with Crippen LogP contribution in [0.2, 0.25) is 5.02 Å². The van der Waals surface area contributed by atoms with E-state index in [1.165, 1.54) is 5.56 Å². The highest BCUT2D eigenvalue weighted by atomic mass is 35.5. The molecule has 90 valence electrons. The molecule has 2 rings (SSSR count). The van der Waals surface area contributed by atoms with Gasteiger partial charge in [0.1, 0.15) is 0 Å². The molecule has 0 aliphatic carbocycles. The molecule has 0 aliphatic heterocycles. The zero-order valence-corrected chi connectivity index (χ0v) is 11.3. The maximum atomic E-state index is 6.12. The number of pyridine rings is 1. The van der Waals surface area contributed by atoms with Crippen molar-refractivity contribution < 1.29 is 0 Å². The van der Waals surface area contributed by atoms with Gasteiger partial charge in [0.05, 0.1) is 5.02 Å². The Morgan fingerprint density at radius 1 is 1.41 bits per heavy atom. The molecule has 2 aromatic rings. The monoisotopic (exact) mass is 266 g/mol. The summed E-state index contributed by atoms with van der Waals surface area (Å²) < 4.78 is 0. The van der Waals surface area contributed by atoms with Crippen LogP contribution in [-0.2, 0) is 12.8 Å². The number of rotatable bonds is 5. The number of halogens is 1. The highest BCUT2D eigenvalue weighted by Gasteiger charge is 2.10. The minimum absolute atomic E-state index is 0.407. The average Bonchev–Trinajstić information content (AvgIpc) is 2.84. The first-order valence-electron chi connectivity index (χ1n) is 5.56. The van der Waals surface area contributed by atoms with E-state index in [9.17, 15) is 0 Å². The van der Waals surface area contributed by atoms with E-state index in [0.29, 0.717) is 6.04 Å². The summed E-state index contributed by atoms with van der Waals surface area (Å²) in [4.78, 5) is 4.00. The van der Waals surface area contributed by atoms with Crippen LogP contribution in [0.4, 0.5) is 0 Å². The first kappa shape index (κ1) is 12.6. The van der Waals surface area contributed by atoms with E-state index in [0.717, 1.165) is 23.4 Å². The fourth-order valence-corrected chi connectivity index (χ4v) is 2.68. The average molecular weight is 267 g/mol. The van der Waals surface area contributed by atoms with E-state index in [4.69, 9.17) is 11.6 Å². The summed E-state index contributed by atoms with van der Waals surface area (Å²) in [5.74, 6) is 0. The van der Waals surface area contributed by atoms with E-state index in [-0.39, 0.29) is 0 Å². The van der Waals surface area contributed by atoms with Crippen LogP contribution in [-0.4, -0.2) is 18.1 Å². The zero-order chi connectivity index (χ0) is 12.1. The smallest absolute Gasteiger partial charge is 0.0621 e. The molecule has 0 amide bonds. The van der Waals surface area contributed by atoms with Crippen molar-refractivity contribution in [3.63, 3.8) is 0 Å². The van der Waals surface area contributed by atoms with Gasteiger partial charge in [-0.15, -0.1) is 0 Å². The molecule has 2 aromatic heterocycles. The summed E-state index contributed by atoms with van der Waals surface area (Å²) in [6.45, 7) is 0. The molecule has 0 bridgehead atoms. The summed E-state index contributed by atoms with van der Waals surface area (Å²) in [5.41, 5.74) is 2.52. The second kappa shape index (κ2) is 6.15. The van der Waals surface area contributed by atoms with Crippen molar-refractivity contribution in [1.82, 2.24) is 10.3 Å². The number of hydrogen-bond donors (Lipinski definition) is 1. The number of thiophene rings is 1. The number of hydrogen-bond acceptors (Lipinski definition) is 3. The molecule has 0 aliphatic rings. The fraction of sp³-hybridized carbons (Fsp3) is 0.308. The molecule has 1 N–H and O–H groups in total. The first-order valence-corrected chi connectivity index (χ1v) is 6.88. The lowest BCUT2D eigenvalue weighted by atomic mass is 10.0. The number of nitrogens with zero attached hydrogens (tertiary/aromatic N) is 1. The van der Waals surface area contributed by atoms with Crippen LogP contribution in [0.1, 0.15) is 11.1 Å². The number of likely N-dealkylation sites (N-methyl/N-ethyl adjacent to an activating group) is 1. The predicted molar refractivity (Wildman–Crippen MR) is 73.8 cm³/mol. The van der Waals surface area contributed by atoms with Crippen LogP contribution in [0.15, 0.2) is 35.3 Å². The van der Waals surface area contributed by atoms with Crippen molar-refractivity contribution in [3.8, 4) is 0 Å². The molecular formula is C13H15ClN2S. The van der Waals surface area contributed by atoms with E-state index in [1.807, 2.05) is 13.1 Å². The van der Waals surface area contributed by atoms with Gasteiger partial charge < -0.3 is 5.32 Å². The highest BCUT2D eigenvalue weighted by molar-refractivity contribution is 7.07. The third-order valence-electron chi connectivity index (χ3n) is 2.79. The standard InChI is InChI=1S/C13H15ClN2S/c1-15-12(6-10-3-5-17-9-10)7-11-2-4-16-8-13(11)14/h2-5,8-9,12,15H,6-7H2,1H3. The third kappa shape index (κ3) is 3.53. The normalized spacial score (nSPS) is 12.6. The molecule has 0 fully saturated rings. The lowest BCUT2D eigenvalue weighted by Crippen LogP contribution is -2.29. The summed E-state index contributed by atoms with van der Waals surface area (Å²) in [6.07, 6.45) is 5.44. The van der Waals surface area contributed by atoms with E-state index < -0.39 is 0 Å². The second-order valence-electron chi connectivity index (χ2n) is 3.99. The second-order valence-corrected chi connectivity index (χ2v) is 5.18. The maximum Gasteiger partial charge on any atom is 0.0621 e. The molecule has 0 radical (unpaired) electrons.